The first-order valence-electron chi connectivity index (χ1n) is 8.47. The Morgan fingerprint density at radius 3 is 2.60 bits per heavy atom. The summed E-state index contributed by atoms with van der Waals surface area (Å²) in [6.07, 6.45) is 0. The van der Waals surface area contributed by atoms with Crippen molar-refractivity contribution in [3.05, 3.63) is 45.3 Å². The van der Waals surface area contributed by atoms with E-state index in [4.69, 9.17) is 0 Å². The molecule has 2 aromatic rings. The minimum atomic E-state index is 0.108. The van der Waals surface area contributed by atoms with E-state index < -0.39 is 0 Å². The summed E-state index contributed by atoms with van der Waals surface area (Å²) in [5, 5.41) is 3.24. The molecule has 0 aliphatic carbocycles. The van der Waals surface area contributed by atoms with Crippen molar-refractivity contribution in [2.45, 2.75) is 13.8 Å². The third-order valence-corrected chi connectivity index (χ3v) is 5.12. The Hall–Kier alpha value is -1.90. The molecule has 3 rings (SSSR count). The molecular formula is C18H22IN5O. The van der Waals surface area contributed by atoms with Crippen molar-refractivity contribution in [1.29, 1.82) is 0 Å². The second-order valence-corrected chi connectivity index (χ2v) is 7.11. The van der Waals surface area contributed by atoms with Crippen LogP contribution in [0.2, 0.25) is 0 Å². The topological polar surface area (TPSA) is 61.4 Å². The molecule has 1 aromatic heterocycles. The van der Waals surface area contributed by atoms with Crippen LogP contribution in [0.1, 0.15) is 23.1 Å². The van der Waals surface area contributed by atoms with Gasteiger partial charge in [-0.2, -0.15) is 0 Å². The van der Waals surface area contributed by atoms with Crippen molar-refractivity contribution in [2.24, 2.45) is 0 Å². The number of carbonyl (C=O) groups is 1. The first-order valence-corrected chi connectivity index (χ1v) is 9.54. The van der Waals surface area contributed by atoms with Crippen molar-refractivity contribution >= 4 is 40.1 Å². The Morgan fingerprint density at radius 2 is 1.92 bits per heavy atom. The predicted molar refractivity (Wildman–Crippen MR) is 108 cm³/mol. The number of aromatic nitrogens is 2. The molecule has 1 aliphatic heterocycles. The molecule has 0 radical (unpaired) electrons. The summed E-state index contributed by atoms with van der Waals surface area (Å²) < 4.78 is 0.995. The van der Waals surface area contributed by atoms with E-state index in [1.807, 2.05) is 49.1 Å². The molecule has 0 saturated carbocycles. The molecule has 0 bridgehead atoms. The van der Waals surface area contributed by atoms with Gasteiger partial charge in [0.1, 0.15) is 17.5 Å². The van der Waals surface area contributed by atoms with Crippen LogP contribution in [0.5, 0.6) is 0 Å². The van der Waals surface area contributed by atoms with E-state index in [1.54, 1.807) is 0 Å². The van der Waals surface area contributed by atoms with Gasteiger partial charge in [0, 0.05) is 42.4 Å². The van der Waals surface area contributed by atoms with Gasteiger partial charge in [-0.3, -0.25) is 4.79 Å². The third kappa shape index (κ3) is 4.20. The third-order valence-electron chi connectivity index (χ3n) is 4.18. The second kappa shape index (κ2) is 7.99. The van der Waals surface area contributed by atoms with E-state index in [-0.39, 0.29) is 5.91 Å². The van der Waals surface area contributed by atoms with Crippen LogP contribution < -0.4 is 10.2 Å². The van der Waals surface area contributed by atoms with Gasteiger partial charge in [-0.15, -0.1) is 0 Å². The molecule has 1 N–H and O–H groups in total. The Balaban J connectivity index is 1.68. The van der Waals surface area contributed by atoms with Gasteiger partial charge in [0.05, 0.1) is 5.56 Å². The molecule has 1 fully saturated rings. The van der Waals surface area contributed by atoms with Gasteiger partial charge in [0.25, 0.3) is 5.91 Å². The number of rotatable bonds is 4. The van der Waals surface area contributed by atoms with Crippen LogP contribution in [-0.4, -0.2) is 53.5 Å². The Bertz CT molecular complexity index is 759. The zero-order valence-corrected chi connectivity index (χ0v) is 16.7. The number of hydrogen-bond donors (Lipinski definition) is 1. The molecule has 1 saturated heterocycles. The number of benzene rings is 1. The number of aryl methyl sites for hydroxylation is 1. The molecule has 132 valence electrons. The lowest BCUT2D eigenvalue weighted by Gasteiger charge is -2.35. The van der Waals surface area contributed by atoms with E-state index in [1.165, 1.54) is 0 Å². The molecule has 25 heavy (non-hydrogen) atoms. The fraction of sp³-hybridized carbons (Fsp3) is 0.389. The predicted octanol–water partition coefficient (Wildman–Crippen LogP) is 2.78. The number of carbonyl (C=O) groups excluding carboxylic acids is 1. The SMILES string of the molecule is CCNc1cc(N2CCN(C(=O)c3ccccc3I)CC2)nc(C)n1. The summed E-state index contributed by atoms with van der Waals surface area (Å²) in [5.41, 5.74) is 0.781. The van der Waals surface area contributed by atoms with Crippen molar-refractivity contribution < 1.29 is 4.79 Å². The molecule has 0 atom stereocenters. The van der Waals surface area contributed by atoms with Gasteiger partial charge < -0.3 is 15.1 Å². The van der Waals surface area contributed by atoms with Crippen LogP contribution in [0.15, 0.2) is 30.3 Å². The van der Waals surface area contributed by atoms with Crippen molar-refractivity contribution in [2.75, 3.05) is 42.9 Å². The Morgan fingerprint density at radius 1 is 1.20 bits per heavy atom. The number of amides is 1. The molecular weight excluding hydrogens is 429 g/mol. The molecule has 1 aliphatic rings. The van der Waals surface area contributed by atoms with E-state index in [2.05, 4.69) is 42.8 Å². The molecule has 0 unspecified atom stereocenters. The number of nitrogens with one attached hydrogen (secondary N) is 1. The fourth-order valence-electron chi connectivity index (χ4n) is 2.93. The zero-order chi connectivity index (χ0) is 17.8. The standard InChI is InChI=1S/C18H22IN5O/c1-3-20-16-12-17(22-13(2)21-16)23-8-10-24(11-9-23)18(25)14-6-4-5-7-15(14)19/h4-7,12H,3,8-11H2,1-2H3,(H,20,21,22). The summed E-state index contributed by atoms with van der Waals surface area (Å²) in [6, 6.07) is 9.71. The van der Waals surface area contributed by atoms with Crippen LogP contribution in [0.4, 0.5) is 11.6 Å². The van der Waals surface area contributed by atoms with E-state index in [0.29, 0.717) is 13.1 Å². The lowest BCUT2D eigenvalue weighted by Crippen LogP contribution is -2.49. The largest absolute Gasteiger partial charge is 0.370 e. The minimum absolute atomic E-state index is 0.108. The first kappa shape index (κ1) is 17.9. The zero-order valence-electron chi connectivity index (χ0n) is 14.5. The highest BCUT2D eigenvalue weighted by atomic mass is 127. The van der Waals surface area contributed by atoms with Gasteiger partial charge in [0.2, 0.25) is 0 Å². The molecule has 2 heterocycles. The van der Waals surface area contributed by atoms with Crippen molar-refractivity contribution in [3.8, 4) is 0 Å². The fourth-order valence-corrected chi connectivity index (χ4v) is 3.55. The second-order valence-electron chi connectivity index (χ2n) is 5.95. The number of anilines is 2. The van der Waals surface area contributed by atoms with Crippen LogP contribution in [0, 0.1) is 10.5 Å². The van der Waals surface area contributed by atoms with Crippen LogP contribution in [0.25, 0.3) is 0 Å². The minimum Gasteiger partial charge on any atom is -0.370 e. The van der Waals surface area contributed by atoms with Gasteiger partial charge in [0.15, 0.2) is 0 Å². The summed E-state index contributed by atoms with van der Waals surface area (Å²) in [5.74, 6) is 2.63. The number of hydrogen-bond acceptors (Lipinski definition) is 5. The van der Waals surface area contributed by atoms with E-state index in [9.17, 15) is 4.79 Å². The number of piperazine rings is 1. The van der Waals surface area contributed by atoms with Crippen molar-refractivity contribution in [1.82, 2.24) is 14.9 Å². The van der Waals surface area contributed by atoms with Gasteiger partial charge in [-0.25, -0.2) is 9.97 Å². The maximum atomic E-state index is 12.7. The van der Waals surface area contributed by atoms with Gasteiger partial charge in [-0.05, 0) is 48.6 Å². The molecule has 1 amide bonds. The molecule has 0 spiro atoms. The summed E-state index contributed by atoms with van der Waals surface area (Å²) >= 11 is 2.22. The lowest BCUT2D eigenvalue weighted by atomic mass is 10.2. The molecule has 6 nitrogen and oxygen atoms in total. The van der Waals surface area contributed by atoms with E-state index in [0.717, 1.165) is 46.2 Å². The summed E-state index contributed by atoms with van der Waals surface area (Å²) in [6.45, 7) is 7.73. The molecule has 1 aromatic carbocycles. The smallest absolute Gasteiger partial charge is 0.255 e. The number of halogens is 1. The maximum Gasteiger partial charge on any atom is 0.255 e. The summed E-state index contributed by atoms with van der Waals surface area (Å²) in [4.78, 5) is 25.8. The van der Waals surface area contributed by atoms with Gasteiger partial charge >= 0.3 is 0 Å². The van der Waals surface area contributed by atoms with E-state index >= 15 is 0 Å². The Labute approximate surface area is 161 Å². The lowest BCUT2D eigenvalue weighted by molar-refractivity contribution is 0.0745. The summed E-state index contributed by atoms with van der Waals surface area (Å²) in [7, 11) is 0. The van der Waals surface area contributed by atoms with Crippen LogP contribution in [0.3, 0.4) is 0 Å². The van der Waals surface area contributed by atoms with Crippen LogP contribution >= 0.6 is 22.6 Å². The highest BCUT2D eigenvalue weighted by Crippen LogP contribution is 2.20. The average Bonchev–Trinajstić information content (AvgIpc) is 2.61. The van der Waals surface area contributed by atoms with Crippen LogP contribution in [-0.2, 0) is 0 Å². The highest BCUT2D eigenvalue weighted by Gasteiger charge is 2.24. The van der Waals surface area contributed by atoms with Crippen molar-refractivity contribution in [3.63, 3.8) is 0 Å². The number of nitrogens with zero attached hydrogens (tertiary/aromatic N) is 4. The first-order chi connectivity index (χ1) is 12.1. The molecule has 7 heteroatoms. The van der Waals surface area contributed by atoms with Gasteiger partial charge in [-0.1, -0.05) is 12.1 Å². The normalized spacial score (nSPS) is 14.5. The average molecular weight is 451 g/mol. The quantitative estimate of drug-likeness (QED) is 0.725. The monoisotopic (exact) mass is 451 g/mol. The Kier molecular flexibility index (Phi) is 5.72. The highest BCUT2D eigenvalue weighted by molar-refractivity contribution is 14.1. The maximum absolute atomic E-state index is 12.7.